The van der Waals surface area contributed by atoms with E-state index in [1.165, 1.54) is 24.8 Å². The SMILES string of the molecule is O=C(NC1CCCCC1C(=O)O)c1ccc(CN2CCC(N3C(=O)N(C4CCCCC4)CC3c3ccccc3)CC2)cc1. The summed E-state index contributed by atoms with van der Waals surface area (Å²) in [6.45, 7) is 3.47. The van der Waals surface area contributed by atoms with Crippen molar-refractivity contribution in [3.05, 3.63) is 71.3 Å². The lowest BCUT2D eigenvalue weighted by molar-refractivity contribution is -0.143. The van der Waals surface area contributed by atoms with Gasteiger partial charge in [-0.1, -0.05) is 74.6 Å². The van der Waals surface area contributed by atoms with Crippen molar-refractivity contribution in [3.63, 3.8) is 0 Å². The van der Waals surface area contributed by atoms with Crippen molar-refractivity contribution in [2.45, 2.75) is 101 Å². The van der Waals surface area contributed by atoms with Gasteiger partial charge < -0.3 is 20.2 Å². The zero-order valence-electron chi connectivity index (χ0n) is 25.2. The van der Waals surface area contributed by atoms with E-state index in [0.29, 0.717) is 24.4 Å². The Hall–Kier alpha value is -3.39. The summed E-state index contributed by atoms with van der Waals surface area (Å²) >= 11 is 0. The van der Waals surface area contributed by atoms with Crippen molar-refractivity contribution < 1.29 is 19.5 Å². The van der Waals surface area contributed by atoms with Gasteiger partial charge in [0.25, 0.3) is 5.91 Å². The molecule has 6 rings (SSSR count). The largest absolute Gasteiger partial charge is 0.481 e. The van der Waals surface area contributed by atoms with E-state index in [-0.39, 0.29) is 30.1 Å². The van der Waals surface area contributed by atoms with Crippen molar-refractivity contribution in [2.24, 2.45) is 5.92 Å². The van der Waals surface area contributed by atoms with Crippen LogP contribution in [0.15, 0.2) is 54.6 Å². The van der Waals surface area contributed by atoms with Crippen molar-refractivity contribution in [1.29, 1.82) is 0 Å². The Kier molecular flexibility index (Phi) is 9.31. The van der Waals surface area contributed by atoms with Crippen LogP contribution in [-0.2, 0) is 11.3 Å². The smallest absolute Gasteiger partial charge is 0.321 e. The zero-order chi connectivity index (χ0) is 29.8. The third-order valence-electron chi connectivity index (χ3n) is 10.3. The molecule has 8 heteroatoms. The van der Waals surface area contributed by atoms with Crippen LogP contribution in [0.5, 0.6) is 0 Å². The van der Waals surface area contributed by atoms with Crippen LogP contribution in [0, 0.1) is 5.92 Å². The number of likely N-dealkylation sites (tertiary alicyclic amines) is 1. The van der Waals surface area contributed by atoms with Crippen LogP contribution in [0.4, 0.5) is 4.79 Å². The number of urea groups is 1. The van der Waals surface area contributed by atoms with Gasteiger partial charge in [-0.05, 0) is 61.8 Å². The molecule has 3 unspecified atom stereocenters. The Labute approximate surface area is 255 Å². The summed E-state index contributed by atoms with van der Waals surface area (Å²) in [5.74, 6) is -1.53. The van der Waals surface area contributed by atoms with Crippen LogP contribution < -0.4 is 5.32 Å². The van der Waals surface area contributed by atoms with Crippen LogP contribution in [0.1, 0.15) is 98.2 Å². The number of nitrogens with zero attached hydrogens (tertiary/aromatic N) is 3. The Morgan fingerprint density at radius 2 is 1.47 bits per heavy atom. The number of amides is 3. The molecule has 2 aliphatic heterocycles. The number of benzene rings is 2. The topological polar surface area (TPSA) is 93.2 Å². The zero-order valence-corrected chi connectivity index (χ0v) is 25.2. The number of hydrogen-bond acceptors (Lipinski definition) is 4. The molecule has 3 atom stereocenters. The summed E-state index contributed by atoms with van der Waals surface area (Å²) in [5.41, 5.74) is 2.96. The summed E-state index contributed by atoms with van der Waals surface area (Å²) in [7, 11) is 0. The number of hydrogen-bond donors (Lipinski definition) is 2. The Morgan fingerprint density at radius 1 is 0.791 bits per heavy atom. The van der Waals surface area contributed by atoms with Gasteiger partial charge in [0.1, 0.15) is 0 Å². The Balaban J connectivity index is 1.05. The minimum Gasteiger partial charge on any atom is -0.481 e. The summed E-state index contributed by atoms with van der Waals surface area (Å²) < 4.78 is 0. The van der Waals surface area contributed by atoms with Crippen LogP contribution in [0.3, 0.4) is 0 Å². The molecular weight excluding hydrogens is 540 g/mol. The molecule has 43 heavy (non-hydrogen) atoms. The number of carbonyl (C=O) groups excluding carboxylic acids is 2. The highest BCUT2D eigenvalue weighted by molar-refractivity contribution is 5.94. The van der Waals surface area contributed by atoms with Gasteiger partial charge in [0, 0.05) is 49.9 Å². The number of aliphatic carboxylic acids is 1. The molecule has 0 aromatic heterocycles. The van der Waals surface area contributed by atoms with Crippen LogP contribution in [-0.4, -0.2) is 75.5 Å². The van der Waals surface area contributed by atoms with E-state index in [2.05, 4.69) is 44.3 Å². The quantitative estimate of drug-likeness (QED) is 0.406. The van der Waals surface area contributed by atoms with E-state index in [4.69, 9.17) is 0 Å². The Morgan fingerprint density at radius 3 is 2.16 bits per heavy atom. The normalized spacial score (nSPS) is 26.0. The molecule has 2 heterocycles. The first-order valence-electron chi connectivity index (χ1n) is 16.5. The first kappa shape index (κ1) is 29.7. The molecule has 2 aliphatic carbocycles. The third-order valence-corrected chi connectivity index (χ3v) is 10.3. The van der Waals surface area contributed by atoms with Gasteiger partial charge in [0.15, 0.2) is 0 Å². The average molecular weight is 587 g/mol. The van der Waals surface area contributed by atoms with Gasteiger partial charge in [0.05, 0.1) is 12.0 Å². The van der Waals surface area contributed by atoms with E-state index in [9.17, 15) is 19.5 Å². The molecule has 0 bridgehead atoms. The average Bonchev–Trinajstić information content (AvgIpc) is 3.39. The second-order valence-electron chi connectivity index (χ2n) is 13.1. The lowest BCUT2D eigenvalue weighted by atomic mass is 9.84. The maximum atomic E-state index is 13.9. The number of rotatable bonds is 8. The molecule has 8 nitrogen and oxygen atoms in total. The lowest BCUT2D eigenvalue weighted by Crippen LogP contribution is -2.48. The number of piperidine rings is 1. The minimum absolute atomic E-state index is 0.116. The third kappa shape index (κ3) is 6.74. The highest BCUT2D eigenvalue weighted by Gasteiger charge is 2.45. The number of carboxylic acid groups (broad SMARTS) is 1. The molecule has 0 spiro atoms. The van der Waals surface area contributed by atoms with E-state index >= 15 is 0 Å². The molecule has 3 amide bonds. The molecule has 230 valence electrons. The summed E-state index contributed by atoms with van der Waals surface area (Å²) in [5, 5.41) is 12.5. The minimum atomic E-state index is -0.824. The molecular formula is C35H46N4O4. The molecule has 4 fully saturated rings. The van der Waals surface area contributed by atoms with Crippen molar-refractivity contribution in [3.8, 4) is 0 Å². The first-order chi connectivity index (χ1) is 21.0. The maximum absolute atomic E-state index is 13.9. The second kappa shape index (κ2) is 13.5. The molecule has 2 aromatic rings. The predicted molar refractivity (Wildman–Crippen MR) is 166 cm³/mol. The van der Waals surface area contributed by atoms with Gasteiger partial charge in [-0.3, -0.25) is 14.5 Å². The van der Waals surface area contributed by atoms with E-state index in [1.807, 2.05) is 30.3 Å². The van der Waals surface area contributed by atoms with Crippen LogP contribution in [0.2, 0.25) is 0 Å². The fourth-order valence-corrected chi connectivity index (χ4v) is 7.91. The van der Waals surface area contributed by atoms with Crippen LogP contribution >= 0.6 is 0 Å². The van der Waals surface area contributed by atoms with Gasteiger partial charge in [-0.25, -0.2) is 4.79 Å². The van der Waals surface area contributed by atoms with Crippen molar-refractivity contribution >= 4 is 17.9 Å². The van der Waals surface area contributed by atoms with Gasteiger partial charge >= 0.3 is 12.0 Å². The second-order valence-corrected chi connectivity index (χ2v) is 13.1. The highest BCUT2D eigenvalue weighted by atomic mass is 16.4. The standard InChI is InChI=1S/C35H46N4O4/c40-33(36-31-14-8-7-13-30(31)34(41)42)27-17-15-25(16-18-27)23-37-21-19-29(20-22-37)39-32(26-9-3-1-4-10-26)24-38(35(39)43)28-11-5-2-6-12-28/h1,3-4,9-10,15-18,28-32H,2,5-8,11-14,19-24H2,(H,36,40)(H,41,42). The fourth-order valence-electron chi connectivity index (χ4n) is 7.91. The summed E-state index contributed by atoms with van der Waals surface area (Å²) in [6, 6.07) is 18.9. The monoisotopic (exact) mass is 586 g/mol. The number of carboxylic acids is 1. The first-order valence-corrected chi connectivity index (χ1v) is 16.5. The highest BCUT2D eigenvalue weighted by Crippen LogP contribution is 2.38. The molecule has 4 aliphatic rings. The van der Waals surface area contributed by atoms with Gasteiger partial charge in [-0.15, -0.1) is 0 Å². The van der Waals surface area contributed by atoms with Gasteiger partial charge in [0.2, 0.25) is 0 Å². The molecule has 0 radical (unpaired) electrons. The molecule has 2 aromatic carbocycles. The molecule has 2 N–H and O–H groups in total. The number of nitrogens with one attached hydrogen (secondary N) is 1. The predicted octanol–water partition coefficient (Wildman–Crippen LogP) is 5.84. The molecule has 2 saturated carbocycles. The van der Waals surface area contributed by atoms with E-state index in [1.54, 1.807) is 0 Å². The summed E-state index contributed by atoms with van der Waals surface area (Å²) in [6.07, 6.45) is 11.1. The Bertz CT molecular complexity index is 1250. The van der Waals surface area contributed by atoms with Crippen molar-refractivity contribution in [1.82, 2.24) is 20.0 Å². The van der Waals surface area contributed by atoms with Crippen LogP contribution in [0.25, 0.3) is 0 Å². The number of carbonyl (C=O) groups is 3. The van der Waals surface area contributed by atoms with Gasteiger partial charge in [-0.2, -0.15) is 0 Å². The van der Waals surface area contributed by atoms with E-state index in [0.717, 1.165) is 70.3 Å². The molecule has 2 saturated heterocycles. The lowest BCUT2D eigenvalue weighted by Gasteiger charge is -2.39. The maximum Gasteiger partial charge on any atom is 0.321 e. The van der Waals surface area contributed by atoms with Crippen molar-refractivity contribution in [2.75, 3.05) is 19.6 Å². The van der Waals surface area contributed by atoms with E-state index < -0.39 is 11.9 Å². The fraction of sp³-hybridized carbons (Fsp3) is 0.571. The summed E-state index contributed by atoms with van der Waals surface area (Å²) in [4.78, 5) is 45.2.